The summed E-state index contributed by atoms with van der Waals surface area (Å²) < 4.78 is 0. The lowest BCUT2D eigenvalue weighted by Gasteiger charge is -2.28. The maximum Gasteiger partial charge on any atom is 0.123 e. The Hall–Kier alpha value is -1.96. The molecular formula is C23H32O2. The molecule has 2 rings (SSSR count). The molecule has 1 atom stereocenters. The molecule has 0 heterocycles. The van der Waals surface area contributed by atoms with Gasteiger partial charge in [-0.1, -0.05) is 72.7 Å². The summed E-state index contributed by atoms with van der Waals surface area (Å²) in [6.45, 7) is 15.0. The van der Waals surface area contributed by atoms with E-state index in [2.05, 4.69) is 60.6 Å². The van der Waals surface area contributed by atoms with Crippen LogP contribution in [0, 0.1) is 0 Å². The fourth-order valence-electron chi connectivity index (χ4n) is 3.23. The molecule has 0 amide bonds. The first-order valence-electron chi connectivity index (χ1n) is 9.05. The van der Waals surface area contributed by atoms with Crippen molar-refractivity contribution in [3.05, 3.63) is 58.7 Å². The number of aromatic hydroxyl groups is 2. The average Bonchev–Trinajstić information content (AvgIpc) is 2.47. The lowest BCUT2D eigenvalue weighted by atomic mass is 9.77. The van der Waals surface area contributed by atoms with Gasteiger partial charge in [0.05, 0.1) is 0 Å². The molecule has 0 fully saturated rings. The second-order valence-electron chi connectivity index (χ2n) is 9.24. The van der Waals surface area contributed by atoms with Crippen molar-refractivity contribution in [3.63, 3.8) is 0 Å². The van der Waals surface area contributed by atoms with Crippen molar-refractivity contribution in [2.45, 2.75) is 71.6 Å². The summed E-state index contributed by atoms with van der Waals surface area (Å²) in [6, 6.07) is 11.8. The van der Waals surface area contributed by atoms with Crippen LogP contribution in [-0.4, -0.2) is 10.2 Å². The van der Waals surface area contributed by atoms with E-state index in [1.807, 2.05) is 12.1 Å². The largest absolute Gasteiger partial charge is 0.508 e. The van der Waals surface area contributed by atoms with E-state index in [9.17, 15) is 10.2 Å². The van der Waals surface area contributed by atoms with Crippen LogP contribution in [0.15, 0.2) is 36.4 Å². The van der Waals surface area contributed by atoms with Crippen molar-refractivity contribution in [1.29, 1.82) is 0 Å². The number of rotatable bonds is 3. The Labute approximate surface area is 152 Å². The predicted molar refractivity (Wildman–Crippen MR) is 106 cm³/mol. The first-order chi connectivity index (χ1) is 11.4. The van der Waals surface area contributed by atoms with Gasteiger partial charge in [-0.05, 0) is 57.6 Å². The highest BCUT2D eigenvalue weighted by Gasteiger charge is 2.26. The Kier molecular flexibility index (Phi) is 5.22. The molecule has 2 heteroatoms. The first kappa shape index (κ1) is 19.4. The summed E-state index contributed by atoms with van der Waals surface area (Å²) in [7, 11) is 0. The van der Waals surface area contributed by atoms with E-state index >= 15 is 0 Å². The van der Waals surface area contributed by atoms with Gasteiger partial charge in [-0.2, -0.15) is 0 Å². The third-order valence-corrected chi connectivity index (χ3v) is 4.79. The summed E-state index contributed by atoms with van der Waals surface area (Å²) in [6.07, 6.45) is 0.900. The van der Waals surface area contributed by atoms with Gasteiger partial charge in [0.2, 0.25) is 0 Å². The van der Waals surface area contributed by atoms with Crippen LogP contribution in [-0.2, 0) is 17.3 Å². The van der Waals surface area contributed by atoms with Crippen molar-refractivity contribution in [2.24, 2.45) is 0 Å². The van der Waals surface area contributed by atoms with Crippen LogP contribution >= 0.6 is 0 Å². The molecule has 2 N–H and O–H groups in total. The average molecular weight is 341 g/mol. The fourth-order valence-corrected chi connectivity index (χ4v) is 3.23. The highest BCUT2D eigenvalue weighted by molar-refractivity contribution is 5.50. The zero-order chi connectivity index (χ0) is 19.0. The molecule has 0 saturated heterocycles. The maximum atomic E-state index is 10.8. The van der Waals surface area contributed by atoms with Gasteiger partial charge in [0.1, 0.15) is 11.5 Å². The lowest BCUT2D eigenvalue weighted by Crippen LogP contribution is -2.18. The summed E-state index contributed by atoms with van der Waals surface area (Å²) in [5.74, 6) is 1.07. The van der Waals surface area contributed by atoms with Crippen molar-refractivity contribution >= 4 is 0 Å². The molecule has 0 bridgehead atoms. The quantitative estimate of drug-likeness (QED) is 0.715. The van der Waals surface area contributed by atoms with Crippen LogP contribution in [0.2, 0.25) is 0 Å². The maximum absolute atomic E-state index is 10.8. The summed E-state index contributed by atoms with van der Waals surface area (Å²) >= 11 is 0. The Bertz CT molecular complexity index is 693. The van der Waals surface area contributed by atoms with Crippen molar-refractivity contribution in [2.75, 3.05) is 0 Å². The highest BCUT2D eigenvalue weighted by Crippen LogP contribution is 2.40. The molecule has 0 aliphatic carbocycles. The van der Waals surface area contributed by atoms with Crippen LogP contribution in [0.1, 0.15) is 76.6 Å². The Morgan fingerprint density at radius 1 is 0.800 bits per heavy atom. The Balaban J connectivity index is 2.45. The van der Waals surface area contributed by atoms with E-state index in [4.69, 9.17) is 0 Å². The first-order valence-corrected chi connectivity index (χ1v) is 9.05. The number of hydrogen-bond donors (Lipinski definition) is 2. The fraction of sp³-hybridized carbons (Fsp3) is 0.478. The van der Waals surface area contributed by atoms with E-state index in [1.165, 1.54) is 11.1 Å². The third kappa shape index (κ3) is 4.56. The van der Waals surface area contributed by atoms with Gasteiger partial charge in [-0.25, -0.2) is 0 Å². The van der Waals surface area contributed by atoms with E-state index in [0.29, 0.717) is 17.4 Å². The normalized spacial score (nSPS) is 13.7. The molecule has 136 valence electrons. The Morgan fingerprint density at radius 2 is 1.24 bits per heavy atom. The molecule has 0 aromatic heterocycles. The van der Waals surface area contributed by atoms with Crippen LogP contribution in [0.4, 0.5) is 0 Å². The molecule has 2 aromatic carbocycles. The van der Waals surface area contributed by atoms with Crippen LogP contribution in [0.5, 0.6) is 11.5 Å². The van der Waals surface area contributed by atoms with Gasteiger partial charge in [0.15, 0.2) is 0 Å². The monoisotopic (exact) mass is 340 g/mol. The number of phenols is 2. The number of hydrogen-bond acceptors (Lipinski definition) is 2. The van der Waals surface area contributed by atoms with Crippen LogP contribution in [0.3, 0.4) is 0 Å². The zero-order valence-corrected chi connectivity index (χ0v) is 16.6. The van der Waals surface area contributed by atoms with Gasteiger partial charge in [-0.3, -0.25) is 0 Å². The van der Waals surface area contributed by atoms with Gasteiger partial charge in [0, 0.05) is 0 Å². The smallest absolute Gasteiger partial charge is 0.123 e. The molecular weight excluding hydrogens is 308 g/mol. The second kappa shape index (κ2) is 6.74. The van der Waals surface area contributed by atoms with Crippen molar-refractivity contribution in [1.82, 2.24) is 0 Å². The van der Waals surface area contributed by atoms with Gasteiger partial charge in [0.25, 0.3) is 0 Å². The standard InChI is InChI=1S/C23H32O2/c1-15(17-8-10-18(24)11-9-17)12-16-13-19(22(2,3)4)21(25)20(14-16)23(5,6)7/h8-11,13-15,24-25H,12H2,1-7H3. The minimum atomic E-state index is -0.109. The molecule has 2 nitrogen and oxygen atoms in total. The van der Waals surface area contributed by atoms with E-state index in [1.54, 1.807) is 12.1 Å². The SMILES string of the molecule is CC(Cc1cc(C(C)(C)C)c(O)c(C(C)(C)C)c1)c1ccc(O)cc1. The van der Waals surface area contributed by atoms with E-state index in [0.717, 1.165) is 17.5 Å². The molecule has 0 aliphatic rings. The zero-order valence-electron chi connectivity index (χ0n) is 16.6. The van der Waals surface area contributed by atoms with Crippen molar-refractivity contribution in [3.8, 4) is 11.5 Å². The number of benzene rings is 2. The number of phenolic OH excluding ortho intramolecular Hbond substituents is 2. The van der Waals surface area contributed by atoms with E-state index in [-0.39, 0.29) is 10.8 Å². The van der Waals surface area contributed by atoms with E-state index < -0.39 is 0 Å². The van der Waals surface area contributed by atoms with Crippen molar-refractivity contribution < 1.29 is 10.2 Å². The lowest BCUT2D eigenvalue weighted by molar-refractivity contribution is 0.422. The molecule has 0 spiro atoms. The molecule has 1 unspecified atom stereocenters. The topological polar surface area (TPSA) is 40.5 Å². The summed E-state index contributed by atoms with van der Waals surface area (Å²) in [5.41, 5.74) is 4.25. The van der Waals surface area contributed by atoms with Crippen LogP contribution in [0.25, 0.3) is 0 Å². The Morgan fingerprint density at radius 3 is 1.64 bits per heavy atom. The minimum absolute atomic E-state index is 0.109. The minimum Gasteiger partial charge on any atom is -0.508 e. The predicted octanol–water partition coefficient (Wildman–Crippen LogP) is 6.04. The second-order valence-corrected chi connectivity index (χ2v) is 9.24. The van der Waals surface area contributed by atoms with Gasteiger partial charge >= 0.3 is 0 Å². The van der Waals surface area contributed by atoms with Crippen LogP contribution < -0.4 is 0 Å². The molecule has 0 saturated carbocycles. The molecule has 2 aromatic rings. The summed E-state index contributed by atoms with van der Waals surface area (Å²) in [4.78, 5) is 0. The highest BCUT2D eigenvalue weighted by atomic mass is 16.3. The van der Waals surface area contributed by atoms with Gasteiger partial charge < -0.3 is 10.2 Å². The van der Waals surface area contributed by atoms with Gasteiger partial charge in [-0.15, -0.1) is 0 Å². The third-order valence-electron chi connectivity index (χ3n) is 4.79. The molecule has 0 radical (unpaired) electrons. The molecule has 0 aliphatic heterocycles. The summed E-state index contributed by atoms with van der Waals surface area (Å²) in [5, 5.41) is 20.3. The molecule has 25 heavy (non-hydrogen) atoms.